The van der Waals surface area contributed by atoms with Crippen LogP contribution in [-0.2, 0) is 9.59 Å². The molecule has 3 rings (SSSR count). The molecule has 6 nitrogen and oxygen atoms in total. The van der Waals surface area contributed by atoms with Crippen LogP contribution in [0.15, 0.2) is 36.2 Å². The first-order valence-electron chi connectivity index (χ1n) is 7.74. The first-order chi connectivity index (χ1) is 10.9. The molecule has 23 heavy (non-hydrogen) atoms. The van der Waals surface area contributed by atoms with E-state index in [4.69, 9.17) is 0 Å². The second-order valence-corrected chi connectivity index (χ2v) is 6.68. The fraction of sp³-hybridized carbons (Fsp3) is 0.471. The molecular weight excluding hydrogens is 294 g/mol. The van der Waals surface area contributed by atoms with E-state index >= 15 is 0 Å². The number of likely N-dealkylation sites (tertiary alicyclic amines) is 1. The second kappa shape index (κ2) is 5.68. The molecule has 2 saturated heterocycles. The SMILES string of the molecule is CC(C)=CC(=O)N1C[C@H]2CN(c3ccncc3)C[C@@]2(C(=O)O)C1. The van der Waals surface area contributed by atoms with Crippen molar-refractivity contribution in [1.29, 1.82) is 0 Å². The van der Waals surface area contributed by atoms with Gasteiger partial charge in [0.05, 0.1) is 0 Å². The minimum absolute atomic E-state index is 0.0531. The lowest BCUT2D eigenvalue weighted by molar-refractivity contribution is -0.148. The van der Waals surface area contributed by atoms with E-state index in [0.717, 1.165) is 11.3 Å². The van der Waals surface area contributed by atoms with Crippen LogP contribution in [-0.4, -0.2) is 53.0 Å². The summed E-state index contributed by atoms with van der Waals surface area (Å²) in [6.07, 6.45) is 5.00. The molecule has 1 aromatic heterocycles. The van der Waals surface area contributed by atoms with Crippen LogP contribution < -0.4 is 4.90 Å². The van der Waals surface area contributed by atoms with Gasteiger partial charge in [-0.2, -0.15) is 0 Å². The van der Waals surface area contributed by atoms with Crippen molar-refractivity contribution in [2.24, 2.45) is 11.3 Å². The molecule has 2 atom stereocenters. The highest BCUT2D eigenvalue weighted by Gasteiger charge is 2.58. The van der Waals surface area contributed by atoms with Crippen molar-refractivity contribution in [3.8, 4) is 0 Å². The molecule has 0 radical (unpaired) electrons. The van der Waals surface area contributed by atoms with Crippen molar-refractivity contribution in [2.45, 2.75) is 13.8 Å². The highest BCUT2D eigenvalue weighted by Crippen LogP contribution is 2.44. The van der Waals surface area contributed by atoms with E-state index in [-0.39, 0.29) is 18.4 Å². The van der Waals surface area contributed by atoms with Crippen molar-refractivity contribution < 1.29 is 14.7 Å². The van der Waals surface area contributed by atoms with Gasteiger partial charge in [0, 0.05) is 56.3 Å². The monoisotopic (exact) mass is 315 g/mol. The number of hydrogen-bond donors (Lipinski definition) is 1. The average molecular weight is 315 g/mol. The summed E-state index contributed by atoms with van der Waals surface area (Å²) in [5, 5.41) is 9.83. The van der Waals surface area contributed by atoms with E-state index in [1.807, 2.05) is 26.0 Å². The predicted molar refractivity (Wildman–Crippen MR) is 86.0 cm³/mol. The third kappa shape index (κ3) is 2.69. The Morgan fingerprint density at radius 3 is 2.52 bits per heavy atom. The third-order valence-corrected chi connectivity index (χ3v) is 4.79. The Bertz CT molecular complexity index is 654. The van der Waals surface area contributed by atoms with Crippen molar-refractivity contribution in [2.75, 3.05) is 31.1 Å². The number of rotatable bonds is 3. The Kier molecular flexibility index (Phi) is 3.83. The van der Waals surface area contributed by atoms with E-state index < -0.39 is 11.4 Å². The number of carbonyl (C=O) groups excluding carboxylic acids is 1. The van der Waals surface area contributed by atoms with E-state index in [2.05, 4.69) is 9.88 Å². The molecule has 0 aromatic carbocycles. The molecule has 6 heteroatoms. The number of nitrogens with zero attached hydrogens (tertiary/aromatic N) is 3. The minimum atomic E-state index is -0.881. The lowest BCUT2D eigenvalue weighted by Gasteiger charge is -2.26. The van der Waals surface area contributed by atoms with Crippen LogP contribution in [0.3, 0.4) is 0 Å². The quantitative estimate of drug-likeness (QED) is 0.854. The molecule has 0 unspecified atom stereocenters. The van der Waals surface area contributed by atoms with Crippen LogP contribution in [0.2, 0.25) is 0 Å². The van der Waals surface area contributed by atoms with Crippen LogP contribution in [0, 0.1) is 11.3 Å². The molecule has 0 aliphatic carbocycles. The molecule has 2 aliphatic heterocycles. The molecule has 1 amide bonds. The summed E-state index contributed by atoms with van der Waals surface area (Å²) in [6, 6.07) is 3.78. The first kappa shape index (κ1) is 15.5. The summed E-state index contributed by atoms with van der Waals surface area (Å²) < 4.78 is 0. The molecule has 1 aromatic rings. The number of fused-ring (bicyclic) bond motifs is 1. The largest absolute Gasteiger partial charge is 0.481 e. The van der Waals surface area contributed by atoms with E-state index in [0.29, 0.717) is 19.6 Å². The van der Waals surface area contributed by atoms with Crippen molar-refractivity contribution in [3.63, 3.8) is 0 Å². The van der Waals surface area contributed by atoms with E-state index in [1.54, 1.807) is 23.4 Å². The van der Waals surface area contributed by atoms with E-state index in [9.17, 15) is 14.7 Å². The summed E-state index contributed by atoms with van der Waals surface area (Å²) in [5.74, 6) is -0.954. The predicted octanol–water partition coefficient (Wildman–Crippen LogP) is 1.40. The Morgan fingerprint density at radius 2 is 1.96 bits per heavy atom. The maximum absolute atomic E-state index is 12.2. The van der Waals surface area contributed by atoms with Crippen LogP contribution in [0.1, 0.15) is 13.8 Å². The van der Waals surface area contributed by atoms with Crippen LogP contribution in [0.4, 0.5) is 5.69 Å². The number of allylic oxidation sites excluding steroid dienone is 1. The lowest BCUT2D eigenvalue weighted by Crippen LogP contribution is -2.41. The molecule has 1 N–H and O–H groups in total. The highest BCUT2D eigenvalue weighted by molar-refractivity contribution is 5.90. The van der Waals surface area contributed by atoms with Gasteiger partial charge in [-0.1, -0.05) is 5.57 Å². The zero-order valence-electron chi connectivity index (χ0n) is 13.4. The van der Waals surface area contributed by atoms with Gasteiger partial charge >= 0.3 is 5.97 Å². The molecule has 122 valence electrons. The Labute approximate surface area is 135 Å². The van der Waals surface area contributed by atoms with Crippen LogP contribution >= 0.6 is 0 Å². The molecule has 2 fully saturated rings. The standard InChI is InChI=1S/C17H21N3O3/c1-12(2)7-15(21)20-9-13-8-19(14-3-5-18-6-4-14)10-17(13,11-20)16(22)23/h3-7,13H,8-11H2,1-2H3,(H,22,23)/t13-,17-/m1/s1. The lowest BCUT2D eigenvalue weighted by atomic mass is 9.81. The van der Waals surface area contributed by atoms with Crippen LogP contribution in [0.25, 0.3) is 0 Å². The number of carboxylic acids is 1. The second-order valence-electron chi connectivity index (χ2n) is 6.68. The Balaban J connectivity index is 1.82. The zero-order valence-corrected chi connectivity index (χ0v) is 13.4. The van der Waals surface area contributed by atoms with Gasteiger partial charge in [-0.3, -0.25) is 14.6 Å². The number of hydrogen-bond acceptors (Lipinski definition) is 4. The molecule has 3 heterocycles. The smallest absolute Gasteiger partial charge is 0.313 e. The number of amides is 1. The fourth-order valence-electron chi connectivity index (χ4n) is 3.63. The van der Waals surface area contributed by atoms with Gasteiger partial charge < -0.3 is 14.9 Å². The minimum Gasteiger partial charge on any atom is -0.481 e. The summed E-state index contributed by atoms with van der Waals surface area (Å²) in [5.41, 5.74) is 1.03. The van der Waals surface area contributed by atoms with Gasteiger partial charge in [0.15, 0.2) is 0 Å². The van der Waals surface area contributed by atoms with Gasteiger partial charge in [0.25, 0.3) is 0 Å². The number of anilines is 1. The molecule has 0 saturated carbocycles. The van der Waals surface area contributed by atoms with Gasteiger partial charge in [0.2, 0.25) is 5.91 Å². The molecule has 0 bridgehead atoms. The highest BCUT2D eigenvalue weighted by atomic mass is 16.4. The molecular formula is C17H21N3O3. The van der Waals surface area contributed by atoms with Crippen LogP contribution in [0.5, 0.6) is 0 Å². The van der Waals surface area contributed by atoms with Crippen molar-refractivity contribution in [3.05, 3.63) is 36.2 Å². The normalized spacial score (nSPS) is 26.1. The average Bonchev–Trinajstić information content (AvgIpc) is 3.02. The maximum atomic E-state index is 12.2. The number of aliphatic carboxylic acids is 1. The summed E-state index contributed by atoms with van der Waals surface area (Å²) in [6.45, 7) is 5.58. The van der Waals surface area contributed by atoms with Gasteiger partial charge in [-0.25, -0.2) is 0 Å². The summed E-state index contributed by atoms with van der Waals surface area (Å²) in [4.78, 5) is 32.0. The zero-order chi connectivity index (χ0) is 16.6. The number of pyridine rings is 1. The number of carboxylic acid groups (broad SMARTS) is 1. The molecule has 2 aliphatic rings. The van der Waals surface area contributed by atoms with E-state index in [1.165, 1.54) is 0 Å². The van der Waals surface area contributed by atoms with Gasteiger partial charge in [0.1, 0.15) is 5.41 Å². The number of aromatic nitrogens is 1. The maximum Gasteiger partial charge on any atom is 0.313 e. The number of carbonyl (C=O) groups is 2. The topological polar surface area (TPSA) is 73.7 Å². The van der Waals surface area contributed by atoms with Gasteiger partial charge in [-0.05, 0) is 26.0 Å². The summed E-state index contributed by atoms with van der Waals surface area (Å²) >= 11 is 0. The van der Waals surface area contributed by atoms with Gasteiger partial charge in [-0.15, -0.1) is 0 Å². The van der Waals surface area contributed by atoms with Crippen molar-refractivity contribution >= 4 is 17.6 Å². The third-order valence-electron chi connectivity index (χ3n) is 4.79. The Morgan fingerprint density at radius 1 is 1.26 bits per heavy atom. The molecule has 0 spiro atoms. The summed E-state index contributed by atoms with van der Waals surface area (Å²) in [7, 11) is 0. The first-order valence-corrected chi connectivity index (χ1v) is 7.74. The van der Waals surface area contributed by atoms with Crippen molar-refractivity contribution in [1.82, 2.24) is 9.88 Å². The Hall–Kier alpha value is -2.37. The fourth-order valence-corrected chi connectivity index (χ4v) is 3.63.